The Labute approximate surface area is 108 Å². The molecule has 1 aromatic carbocycles. The molecule has 1 rings (SSSR count). The number of carbonyl (C=O) groups is 1. The Balaban J connectivity index is 2.78. The summed E-state index contributed by atoms with van der Waals surface area (Å²) in [5.74, 6) is 1.29. The molecule has 4 heteroatoms. The van der Waals surface area contributed by atoms with Gasteiger partial charge in [-0.15, -0.1) is 0 Å². The first-order valence-electron chi connectivity index (χ1n) is 6.34. The van der Waals surface area contributed by atoms with Crippen molar-refractivity contribution in [3.8, 4) is 11.5 Å². The molecular formula is C14H21NO3. The van der Waals surface area contributed by atoms with E-state index in [2.05, 4.69) is 12.2 Å². The van der Waals surface area contributed by atoms with Gasteiger partial charge in [-0.3, -0.25) is 4.79 Å². The number of hydrogen-bond acceptors (Lipinski definition) is 3. The van der Waals surface area contributed by atoms with Crippen LogP contribution in [-0.4, -0.2) is 19.1 Å². The van der Waals surface area contributed by atoms with Gasteiger partial charge in [-0.05, 0) is 25.5 Å². The molecule has 0 radical (unpaired) electrons. The van der Waals surface area contributed by atoms with E-state index in [0.717, 1.165) is 18.6 Å². The van der Waals surface area contributed by atoms with Crippen molar-refractivity contribution >= 4 is 11.6 Å². The van der Waals surface area contributed by atoms with E-state index in [-0.39, 0.29) is 5.91 Å². The highest BCUT2D eigenvalue weighted by atomic mass is 16.5. The van der Waals surface area contributed by atoms with E-state index >= 15 is 0 Å². The van der Waals surface area contributed by atoms with Crippen molar-refractivity contribution in [1.29, 1.82) is 0 Å². The van der Waals surface area contributed by atoms with Gasteiger partial charge < -0.3 is 14.8 Å². The molecule has 0 saturated carbocycles. The molecule has 0 fully saturated rings. The molecule has 0 heterocycles. The van der Waals surface area contributed by atoms with Gasteiger partial charge in [0.05, 0.1) is 18.9 Å². The highest BCUT2D eigenvalue weighted by Gasteiger charge is 2.07. The molecule has 0 aliphatic rings. The Morgan fingerprint density at radius 3 is 2.67 bits per heavy atom. The second kappa shape index (κ2) is 7.58. The maximum atomic E-state index is 11.1. The Hall–Kier alpha value is -1.71. The first-order valence-corrected chi connectivity index (χ1v) is 6.34. The molecule has 0 atom stereocenters. The first-order chi connectivity index (χ1) is 8.67. The van der Waals surface area contributed by atoms with Crippen LogP contribution in [0, 0.1) is 0 Å². The van der Waals surface area contributed by atoms with Crippen molar-refractivity contribution in [3.63, 3.8) is 0 Å². The van der Waals surface area contributed by atoms with Crippen molar-refractivity contribution in [2.75, 3.05) is 18.5 Å². The Morgan fingerprint density at radius 1 is 1.28 bits per heavy atom. The van der Waals surface area contributed by atoms with Gasteiger partial charge in [0, 0.05) is 13.0 Å². The summed E-state index contributed by atoms with van der Waals surface area (Å²) in [7, 11) is 0. The number of anilines is 1. The molecule has 0 spiro atoms. The lowest BCUT2D eigenvalue weighted by molar-refractivity contribution is -0.114. The predicted molar refractivity (Wildman–Crippen MR) is 72.3 cm³/mol. The summed E-state index contributed by atoms with van der Waals surface area (Å²) in [4.78, 5) is 11.1. The Bertz CT molecular complexity index is 391. The fraction of sp³-hybridized carbons (Fsp3) is 0.500. The number of ether oxygens (including phenoxy) is 2. The normalized spacial score (nSPS) is 9.94. The monoisotopic (exact) mass is 251 g/mol. The first kappa shape index (κ1) is 14.4. The number of benzene rings is 1. The van der Waals surface area contributed by atoms with E-state index in [1.54, 1.807) is 6.07 Å². The SMILES string of the molecule is CCCCOc1ccc(NC(C)=O)c(OCC)c1. The third-order valence-corrected chi connectivity index (χ3v) is 2.33. The molecule has 1 aromatic rings. The minimum Gasteiger partial charge on any atom is -0.493 e. The Kier molecular flexibility index (Phi) is 6.05. The molecule has 0 aliphatic carbocycles. The minimum atomic E-state index is -0.115. The lowest BCUT2D eigenvalue weighted by Gasteiger charge is -2.13. The highest BCUT2D eigenvalue weighted by molar-refractivity contribution is 5.90. The molecule has 1 N–H and O–H groups in total. The summed E-state index contributed by atoms with van der Waals surface area (Å²) < 4.78 is 11.1. The maximum Gasteiger partial charge on any atom is 0.221 e. The second-order valence-electron chi connectivity index (χ2n) is 3.97. The van der Waals surface area contributed by atoms with Crippen LogP contribution >= 0.6 is 0 Å². The van der Waals surface area contributed by atoms with Crippen molar-refractivity contribution in [2.45, 2.75) is 33.6 Å². The van der Waals surface area contributed by atoms with Gasteiger partial charge >= 0.3 is 0 Å². The third-order valence-electron chi connectivity index (χ3n) is 2.33. The standard InChI is InChI=1S/C14H21NO3/c1-4-6-9-18-12-7-8-13(15-11(3)16)14(10-12)17-5-2/h7-8,10H,4-6,9H2,1-3H3,(H,15,16). The lowest BCUT2D eigenvalue weighted by atomic mass is 10.2. The van der Waals surface area contributed by atoms with Gasteiger partial charge in [-0.1, -0.05) is 13.3 Å². The van der Waals surface area contributed by atoms with Gasteiger partial charge in [0.15, 0.2) is 0 Å². The second-order valence-corrected chi connectivity index (χ2v) is 3.97. The molecular weight excluding hydrogens is 230 g/mol. The number of unbranched alkanes of at least 4 members (excludes halogenated alkanes) is 1. The summed E-state index contributed by atoms with van der Waals surface area (Å²) in [6.07, 6.45) is 2.12. The molecule has 0 bridgehead atoms. The maximum absolute atomic E-state index is 11.1. The van der Waals surface area contributed by atoms with E-state index in [4.69, 9.17) is 9.47 Å². The van der Waals surface area contributed by atoms with Crippen LogP contribution in [0.25, 0.3) is 0 Å². The molecule has 100 valence electrons. The molecule has 4 nitrogen and oxygen atoms in total. The minimum absolute atomic E-state index is 0.115. The summed E-state index contributed by atoms with van der Waals surface area (Å²) in [6, 6.07) is 5.45. The van der Waals surface area contributed by atoms with Gasteiger partial charge in [0.2, 0.25) is 5.91 Å². The average molecular weight is 251 g/mol. The van der Waals surface area contributed by atoms with E-state index < -0.39 is 0 Å². The molecule has 1 amide bonds. The van der Waals surface area contributed by atoms with E-state index in [1.165, 1.54) is 6.92 Å². The van der Waals surface area contributed by atoms with E-state index in [1.807, 2.05) is 19.1 Å². The van der Waals surface area contributed by atoms with Crippen LogP contribution in [0.2, 0.25) is 0 Å². The largest absolute Gasteiger partial charge is 0.493 e. The lowest BCUT2D eigenvalue weighted by Crippen LogP contribution is -2.08. The van der Waals surface area contributed by atoms with Gasteiger partial charge in [0.25, 0.3) is 0 Å². The highest BCUT2D eigenvalue weighted by Crippen LogP contribution is 2.29. The van der Waals surface area contributed by atoms with Crippen LogP contribution in [0.5, 0.6) is 11.5 Å². The van der Waals surface area contributed by atoms with Crippen molar-refractivity contribution < 1.29 is 14.3 Å². The number of hydrogen-bond donors (Lipinski definition) is 1. The fourth-order valence-electron chi connectivity index (χ4n) is 1.49. The smallest absolute Gasteiger partial charge is 0.221 e. The van der Waals surface area contributed by atoms with Gasteiger partial charge in [-0.25, -0.2) is 0 Å². The van der Waals surface area contributed by atoms with E-state index in [9.17, 15) is 4.79 Å². The predicted octanol–water partition coefficient (Wildman–Crippen LogP) is 3.22. The van der Waals surface area contributed by atoms with Crippen molar-refractivity contribution in [2.24, 2.45) is 0 Å². The number of carbonyl (C=O) groups excluding carboxylic acids is 1. The molecule has 0 aromatic heterocycles. The zero-order valence-corrected chi connectivity index (χ0v) is 11.3. The number of rotatable bonds is 7. The van der Waals surface area contributed by atoms with Crippen LogP contribution in [0.3, 0.4) is 0 Å². The zero-order valence-electron chi connectivity index (χ0n) is 11.3. The van der Waals surface area contributed by atoms with Crippen LogP contribution in [0.15, 0.2) is 18.2 Å². The third kappa shape index (κ3) is 4.65. The molecule has 0 unspecified atom stereocenters. The van der Waals surface area contributed by atoms with Crippen LogP contribution < -0.4 is 14.8 Å². The quantitative estimate of drug-likeness (QED) is 0.757. The molecule has 18 heavy (non-hydrogen) atoms. The average Bonchev–Trinajstić information content (AvgIpc) is 2.32. The summed E-state index contributed by atoms with van der Waals surface area (Å²) in [6.45, 7) is 6.74. The van der Waals surface area contributed by atoms with Crippen molar-refractivity contribution in [3.05, 3.63) is 18.2 Å². The topological polar surface area (TPSA) is 47.6 Å². The number of amides is 1. The summed E-state index contributed by atoms with van der Waals surface area (Å²) in [5, 5.41) is 2.73. The summed E-state index contributed by atoms with van der Waals surface area (Å²) in [5.41, 5.74) is 0.673. The fourth-order valence-corrected chi connectivity index (χ4v) is 1.49. The van der Waals surface area contributed by atoms with Crippen LogP contribution in [-0.2, 0) is 4.79 Å². The number of nitrogens with one attached hydrogen (secondary N) is 1. The van der Waals surface area contributed by atoms with E-state index in [0.29, 0.717) is 24.7 Å². The van der Waals surface area contributed by atoms with Gasteiger partial charge in [-0.2, -0.15) is 0 Å². The van der Waals surface area contributed by atoms with Crippen LogP contribution in [0.1, 0.15) is 33.6 Å². The Morgan fingerprint density at radius 2 is 2.06 bits per heavy atom. The van der Waals surface area contributed by atoms with Crippen molar-refractivity contribution in [1.82, 2.24) is 0 Å². The zero-order chi connectivity index (χ0) is 13.4. The molecule has 0 aliphatic heterocycles. The van der Waals surface area contributed by atoms with Crippen LogP contribution in [0.4, 0.5) is 5.69 Å². The summed E-state index contributed by atoms with van der Waals surface area (Å²) >= 11 is 0. The molecule has 0 saturated heterocycles. The van der Waals surface area contributed by atoms with Gasteiger partial charge in [0.1, 0.15) is 11.5 Å².